The molecule has 0 saturated carbocycles. The van der Waals surface area contributed by atoms with Crippen LogP contribution in [0.5, 0.6) is 0 Å². The molecular weight excluding hydrogens is 256 g/mol. The number of carbonyl (C=O) groups excluding carboxylic acids is 1. The summed E-state index contributed by atoms with van der Waals surface area (Å²) in [5.74, 6) is -0.991. The Morgan fingerprint density at radius 1 is 0.950 bits per heavy atom. The van der Waals surface area contributed by atoms with Crippen LogP contribution in [0.2, 0.25) is 0 Å². The molecule has 0 fully saturated rings. The number of aliphatic carboxylic acids is 1. The summed E-state index contributed by atoms with van der Waals surface area (Å²) >= 11 is 0. The number of amides is 1. The second kappa shape index (κ2) is 43.3. The van der Waals surface area contributed by atoms with Crippen LogP contribution in [0.15, 0.2) is 0 Å². The van der Waals surface area contributed by atoms with Gasteiger partial charge in [-0.25, -0.2) is 0 Å². The highest BCUT2D eigenvalue weighted by molar-refractivity contribution is 5.73. The summed E-state index contributed by atoms with van der Waals surface area (Å²) in [7, 11) is 0. The summed E-state index contributed by atoms with van der Waals surface area (Å²) in [6.45, 7) is 13.6. The quantitative estimate of drug-likeness (QED) is 0.798. The fraction of sp³-hybridized carbons (Fsp3) is 0.800. The predicted molar refractivity (Wildman–Crippen MR) is 85.2 cm³/mol. The van der Waals surface area contributed by atoms with Crippen molar-refractivity contribution in [1.29, 1.82) is 5.26 Å². The van der Waals surface area contributed by atoms with Crippen molar-refractivity contribution >= 4 is 11.9 Å². The van der Waals surface area contributed by atoms with Crippen LogP contribution in [0.25, 0.3) is 0 Å². The van der Waals surface area contributed by atoms with Gasteiger partial charge in [0.1, 0.15) is 0 Å². The molecule has 3 N–H and O–H groups in total. The molecule has 0 saturated heterocycles. The lowest BCUT2D eigenvalue weighted by Crippen LogP contribution is -2.06. The van der Waals surface area contributed by atoms with Gasteiger partial charge < -0.3 is 10.8 Å². The molecule has 0 spiro atoms. The van der Waals surface area contributed by atoms with Crippen molar-refractivity contribution in [2.24, 2.45) is 5.73 Å². The van der Waals surface area contributed by atoms with Gasteiger partial charge in [0, 0.05) is 19.3 Å². The van der Waals surface area contributed by atoms with Crippen molar-refractivity contribution in [3.63, 3.8) is 0 Å². The van der Waals surface area contributed by atoms with E-state index in [1.807, 2.05) is 13.0 Å². The van der Waals surface area contributed by atoms with Gasteiger partial charge in [-0.05, 0) is 0 Å². The second-order valence-corrected chi connectivity index (χ2v) is 3.49. The molecule has 0 aliphatic carbocycles. The largest absolute Gasteiger partial charge is 0.481 e. The van der Waals surface area contributed by atoms with Gasteiger partial charge in [0.15, 0.2) is 0 Å². The fourth-order valence-electron chi connectivity index (χ4n) is 0. The Labute approximate surface area is 125 Å². The Hall–Kier alpha value is -1.57. The highest BCUT2D eigenvalue weighted by atomic mass is 16.4. The smallest absolute Gasteiger partial charge is 0.303 e. The van der Waals surface area contributed by atoms with E-state index in [1.165, 1.54) is 12.8 Å². The van der Waals surface area contributed by atoms with E-state index < -0.39 is 5.97 Å². The van der Waals surface area contributed by atoms with Crippen LogP contribution in [0.3, 0.4) is 0 Å². The van der Waals surface area contributed by atoms with Crippen molar-refractivity contribution in [3.05, 3.63) is 0 Å². The summed E-state index contributed by atoms with van der Waals surface area (Å²) in [6, 6.07) is 1.93. The first kappa shape index (κ1) is 31.0. The molecule has 20 heavy (non-hydrogen) atoms. The zero-order chi connectivity index (χ0) is 17.4. The number of carboxylic acids is 1. The first-order valence-corrected chi connectivity index (χ1v) is 7.15. The average molecular weight is 290 g/mol. The van der Waals surface area contributed by atoms with Gasteiger partial charge >= 0.3 is 5.97 Å². The third-order valence-corrected chi connectivity index (χ3v) is 0.809. The van der Waals surface area contributed by atoms with E-state index in [1.54, 1.807) is 13.8 Å². The minimum Gasteiger partial charge on any atom is -0.481 e. The number of rotatable bonds is 2. The Kier molecular flexibility index (Phi) is 67.1. The molecule has 5 heteroatoms. The minimum absolute atomic E-state index is 0.222. The number of hydrogen-bond donors (Lipinski definition) is 2. The third kappa shape index (κ3) is 332. The van der Waals surface area contributed by atoms with E-state index in [0.29, 0.717) is 12.8 Å². The number of nitrogens with zero attached hydrogens (tertiary/aromatic N) is 1. The maximum absolute atomic E-state index is 9.59. The maximum Gasteiger partial charge on any atom is 0.303 e. The maximum atomic E-state index is 9.59. The van der Waals surface area contributed by atoms with E-state index >= 15 is 0 Å². The summed E-state index contributed by atoms with van der Waals surface area (Å²) in [5, 5.41) is 15.3. The molecule has 1 amide bonds. The molecule has 0 aliphatic heterocycles. The molecule has 0 bridgehead atoms. The SMILES string of the molecule is CCC.CCC.CCC#N.CCC(=O)O.CCC(N)=O. The third-order valence-electron chi connectivity index (χ3n) is 0.809. The Bertz CT molecular complexity index is 196. The zero-order valence-electron chi connectivity index (χ0n) is 14.3. The number of hydrogen-bond acceptors (Lipinski definition) is 3. The molecule has 0 aliphatic rings. The Balaban J connectivity index is -0.0000000478. The number of nitriles is 1. The van der Waals surface area contributed by atoms with Crippen molar-refractivity contribution in [1.82, 2.24) is 0 Å². The van der Waals surface area contributed by atoms with E-state index in [9.17, 15) is 9.59 Å². The van der Waals surface area contributed by atoms with Gasteiger partial charge in [0.05, 0.1) is 6.07 Å². The number of nitrogens with two attached hydrogens (primary N) is 1. The highest BCUT2D eigenvalue weighted by Gasteiger charge is 1.80. The van der Waals surface area contributed by atoms with Crippen LogP contribution in [-0.2, 0) is 9.59 Å². The summed E-state index contributed by atoms with van der Waals surface area (Å²) in [5.41, 5.74) is 4.65. The van der Waals surface area contributed by atoms with Crippen molar-refractivity contribution < 1.29 is 14.7 Å². The lowest BCUT2D eigenvalue weighted by atomic mass is 10.5. The average Bonchev–Trinajstić information content (AvgIpc) is 2.41. The molecule has 0 radical (unpaired) electrons. The van der Waals surface area contributed by atoms with Crippen LogP contribution in [0.4, 0.5) is 0 Å². The normalized spacial score (nSPS) is 6.50. The van der Waals surface area contributed by atoms with E-state index in [4.69, 9.17) is 10.4 Å². The molecule has 0 aromatic carbocycles. The predicted octanol–water partition coefficient (Wildman–Crippen LogP) is 4.12. The molecular formula is C15H34N2O3. The molecule has 0 heterocycles. The molecule has 0 rings (SSSR count). The van der Waals surface area contributed by atoms with E-state index in [2.05, 4.69) is 33.4 Å². The Morgan fingerprint density at radius 2 is 1.10 bits per heavy atom. The standard InChI is InChI=1S/C3H7NO.C3H5N.C3H6O2.2C3H8/c1-2-3(4)5;1-2-3-4;1-2-3(4)5;2*1-3-2/h2H2,1H3,(H2,4,5);2H2,1H3;2H2,1H3,(H,4,5);2*3H2,1-2H3. The number of carboxylic acid groups (broad SMARTS) is 1. The molecule has 0 aromatic rings. The number of primary amides is 1. The lowest BCUT2D eigenvalue weighted by Gasteiger charge is -1.73. The van der Waals surface area contributed by atoms with Gasteiger partial charge in [0.25, 0.3) is 0 Å². The first-order chi connectivity index (χ1) is 9.28. The fourth-order valence-corrected chi connectivity index (χ4v) is 0. The van der Waals surface area contributed by atoms with Gasteiger partial charge in [0.2, 0.25) is 5.91 Å². The van der Waals surface area contributed by atoms with Crippen LogP contribution >= 0.6 is 0 Å². The van der Waals surface area contributed by atoms with Crippen molar-refractivity contribution in [3.8, 4) is 6.07 Å². The van der Waals surface area contributed by atoms with Crippen LogP contribution in [0, 0.1) is 11.3 Å². The lowest BCUT2D eigenvalue weighted by molar-refractivity contribution is -0.136. The van der Waals surface area contributed by atoms with Gasteiger partial charge in [-0.3, -0.25) is 9.59 Å². The van der Waals surface area contributed by atoms with Crippen LogP contribution < -0.4 is 5.73 Å². The van der Waals surface area contributed by atoms with Gasteiger partial charge in [-0.1, -0.05) is 61.3 Å². The summed E-state index contributed by atoms with van der Waals surface area (Å²) in [6.07, 6.45) is 3.79. The first-order valence-electron chi connectivity index (χ1n) is 7.15. The van der Waals surface area contributed by atoms with Crippen molar-refractivity contribution in [2.45, 2.75) is 80.6 Å². The van der Waals surface area contributed by atoms with Crippen LogP contribution in [-0.4, -0.2) is 17.0 Å². The Morgan fingerprint density at radius 3 is 1.10 bits per heavy atom. The topological polar surface area (TPSA) is 104 Å². The summed E-state index contributed by atoms with van der Waals surface area (Å²) < 4.78 is 0. The van der Waals surface area contributed by atoms with Gasteiger partial charge in [-0.15, -0.1) is 0 Å². The molecule has 0 atom stereocenters. The van der Waals surface area contributed by atoms with E-state index in [-0.39, 0.29) is 12.3 Å². The second-order valence-electron chi connectivity index (χ2n) is 3.49. The molecule has 0 unspecified atom stereocenters. The molecule has 5 nitrogen and oxygen atoms in total. The van der Waals surface area contributed by atoms with E-state index in [0.717, 1.165) is 0 Å². The highest BCUT2D eigenvalue weighted by Crippen LogP contribution is 1.67. The zero-order valence-corrected chi connectivity index (χ0v) is 14.3. The number of carbonyl (C=O) groups is 2. The minimum atomic E-state index is -0.745. The summed E-state index contributed by atoms with van der Waals surface area (Å²) in [4.78, 5) is 19.0. The van der Waals surface area contributed by atoms with Gasteiger partial charge in [-0.2, -0.15) is 5.26 Å². The molecule has 122 valence electrons. The van der Waals surface area contributed by atoms with Crippen molar-refractivity contribution in [2.75, 3.05) is 0 Å². The molecule has 0 aromatic heterocycles. The monoisotopic (exact) mass is 290 g/mol. The van der Waals surface area contributed by atoms with Crippen LogP contribution in [0.1, 0.15) is 80.6 Å².